The molecule has 7 nitrogen and oxygen atoms in total. The first kappa shape index (κ1) is 14.0. The molecule has 0 saturated carbocycles. The summed E-state index contributed by atoms with van der Waals surface area (Å²) in [4.78, 5) is 24.5. The van der Waals surface area contributed by atoms with Gasteiger partial charge in [-0.1, -0.05) is 18.2 Å². The molecule has 2 bridgehead atoms. The van der Waals surface area contributed by atoms with Gasteiger partial charge in [0.05, 0.1) is 11.6 Å². The summed E-state index contributed by atoms with van der Waals surface area (Å²) in [6.07, 6.45) is 3.97. The van der Waals surface area contributed by atoms with Crippen molar-refractivity contribution in [3.8, 4) is 0 Å². The van der Waals surface area contributed by atoms with Crippen LogP contribution in [0.15, 0.2) is 42.7 Å². The molecule has 2 fully saturated rings. The lowest BCUT2D eigenvalue weighted by atomic mass is 10.2. The highest BCUT2D eigenvalue weighted by Crippen LogP contribution is 2.35. The minimum atomic E-state index is -0.602. The van der Waals surface area contributed by atoms with Crippen LogP contribution in [0.2, 0.25) is 0 Å². The van der Waals surface area contributed by atoms with Crippen LogP contribution in [-0.4, -0.2) is 46.3 Å². The molecule has 1 aromatic heterocycles. The highest BCUT2D eigenvalue weighted by atomic mass is 16.5. The molecule has 23 heavy (non-hydrogen) atoms. The Morgan fingerprint density at radius 3 is 2.35 bits per heavy atom. The first-order chi connectivity index (χ1) is 11.3. The maximum atomic E-state index is 11.3. The van der Waals surface area contributed by atoms with Crippen molar-refractivity contribution in [2.24, 2.45) is 0 Å². The summed E-state index contributed by atoms with van der Waals surface area (Å²) in [6.45, 7) is 1.84. The summed E-state index contributed by atoms with van der Waals surface area (Å²) in [5.74, 6) is 0.0365. The van der Waals surface area contributed by atoms with Crippen molar-refractivity contribution in [3.63, 3.8) is 0 Å². The lowest BCUT2D eigenvalue weighted by molar-refractivity contribution is 0.0705. The smallest absolute Gasteiger partial charge is 0.277 e. The number of rotatable bonds is 3. The van der Waals surface area contributed by atoms with Crippen molar-refractivity contribution in [2.75, 3.05) is 22.9 Å². The largest absolute Gasteiger partial charge is 0.365 e. The first-order valence-corrected chi connectivity index (χ1v) is 7.61. The number of nitrogens with one attached hydrogen (secondary N) is 1. The number of carbonyl (C=O) groups excluding carboxylic acids is 1. The zero-order valence-corrected chi connectivity index (χ0v) is 12.5. The minimum absolute atomic E-state index is 0.242. The topological polar surface area (TPSA) is 81.6 Å². The second kappa shape index (κ2) is 5.51. The second-order valence-electron chi connectivity index (χ2n) is 5.90. The van der Waals surface area contributed by atoms with E-state index in [1.165, 1.54) is 18.1 Å². The summed E-state index contributed by atoms with van der Waals surface area (Å²) in [6, 6.07) is 11.3. The molecule has 0 aliphatic carbocycles. The van der Waals surface area contributed by atoms with E-state index in [2.05, 4.69) is 44.0 Å². The maximum absolute atomic E-state index is 11.3. The van der Waals surface area contributed by atoms with Crippen LogP contribution in [-0.2, 0) is 0 Å². The average Bonchev–Trinajstić information content (AvgIpc) is 3.22. The fraction of sp³-hybridized carbons (Fsp3) is 0.312. The zero-order valence-electron chi connectivity index (χ0n) is 12.5. The van der Waals surface area contributed by atoms with Gasteiger partial charge >= 0.3 is 0 Å². The number of hydrogen-bond acceptors (Lipinski definition) is 6. The third kappa shape index (κ3) is 2.39. The maximum Gasteiger partial charge on any atom is 0.277 e. The standard InChI is InChI=1S/C16H17N5O2/c22-15(19-23)11-7-17-16(18-8-11)21-10-13-6-14(21)9-20(13)12-4-2-1-3-5-12/h1-5,7-8,13-14,23H,6,9-10H2,(H,19,22)/t13-,14+/m0/s1. The molecule has 2 saturated heterocycles. The van der Waals surface area contributed by atoms with Gasteiger partial charge in [-0.3, -0.25) is 10.0 Å². The van der Waals surface area contributed by atoms with Gasteiger partial charge < -0.3 is 9.80 Å². The van der Waals surface area contributed by atoms with Gasteiger partial charge in [0.2, 0.25) is 5.95 Å². The number of aromatic nitrogens is 2. The number of piperazine rings is 1. The van der Waals surface area contributed by atoms with E-state index in [9.17, 15) is 4.79 Å². The highest BCUT2D eigenvalue weighted by molar-refractivity contribution is 5.92. The van der Waals surface area contributed by atoms with Gasteiger partial charge in [0.15, 0.2) is 0 Å². The molecule has 2 N–H and O–H groups in total. The Kier molecular flexibility index (Phi) is 3.34. The van der Waals surface area contributed by atoms with Gasteiger partial charge in [0, 0.05) is 37.2 Å². The van der Waals surface area contributed by atoms with E-state index in [1.807, 2.05) is 6.07 Å². The fourth-order valence-electron chi connectivity index (χ4n) is 3.50. The Hall–Kier alpha value is -2.67. The second-order valence-corrected chi connectivity index (χ2v) is 5.90. The Labute approximate surface area is 133 Å². The van der Waals surface area contributed by atoms with Gasteiger partial charge in [-0.15, -0.1) is 0 Å². The number of amides is 1. The number of carbonyl (C=O) groups is 1. The average molecular weight is 311 g/mol. The van der Waals surface area contributed by atoms with Crippen LogP contribution in [0, 0.1) is 0 Å². The summed E-state index contributed by atoms with van der Waals surface area (Å²) < 4.78 is 0. The van der Waals surface area contributed by atoms with Gasteiger partial charge in [0.25, 0.3) is 5.91 Å². The molecular formula is C16H17N5O2. The third-order valence-corrected chi connectivity index (χ3v) is 4.59. The lowest BCUT2D eigenvalue weighted by Crippen LogP contribution is -2.47. The van der Waals surface area contributed by atoms with Gasteiger partial charge in [-0.2, -0.15) is 0 Å². The van der Waals surface area contributed by atoms with Crippen LogP contribution in [0.5, 0.6) is 0 Å². The number of nitrogens with zero attached hydrogens (tertiary/aromatic N) is 4. The number of hydrogen-bond donors (Lipinski definition) is 2. The number of para-hydroxylation sites is 1. The van der Waals surface area contributed by atoms with Gasteiger partial charge in [-0.05, 0) is 18.6 Å². The Bertz CT molecular complexity index is 706. The summed E-state index contributed by atoms with van der Waals surface area (Å²) in [5.41, 5.74) is 3.08. The molecule has 118 valence electrons. The van der Waals surface area contributed by atoms with E-state index in [0.717, 1.165) is 19.5 Å². The molecule has 2 aromatic rings. The lowest BCUT2D eigenvalue weighted by Gasteiger charge is -2.35. The predicted octanol–water partition coefficient (Wildman–Crippen LogP) is 1.06. The number of anilines is 2. The summed E-state index contributed by atoms with van der Waals surface area (Å²) >= 11 is 0. The molecule has 2 atom stereocenters. The molecule has 1 amide bonds. The van der Waals surface area contributed by atoms with Gasteiger partial charge in [0.1, 0.15) is 0 Å². The molecule has 3 heterocycles. The minimum Gasteiger partial charge on any atom is -0.365 e. The predicted molar refractivity (Wildman–Crippen MR) is 84.6 cm³/mol. The monoisotopic (exact) mass is 311 g/mol. The Morgan fingerprint density at radius 1 is 1.09 bits per heavy atom. The van der Waals surface area contributed by atoms with Crippen molar-refractivity contribution < 1.29 is 10.0 Å². The zero-order chi connectivity index (χ0) is 15.8. The van der Waals surface area contributed by atoms with Crippen LogP contribution in [0.4, 0.5) is 11.6 Å². The van der Waals surface area contributed by atoms with Crippen LogP contribution in [0.25, 0.3) is 0 Å². The molecule has 4 rings (SSSR count). The van der Waals surface area contributed by atoms with Crippen molar-refractivity contribution in [3.05, 3.63) is 48.3 Å². The van der Waals surface area contributed by atoms with Gasteiger partial charge in [-0.25, -0.2) is 15.4 Å². The molecule has 0 spiro atoms. The molecule has 0 unspecified atom stereocenters. The van der Waals surface area contributed by atoms with Crippen molar-refractivity contribution in [1.29, 1.82) is 0 Å². The van der Waals surface area contributed by atoms with E-state index in [4.69, 9.17) is 5.21 Å². The van der Waals surface area contributed by atoms with E-state index in [-0.39, 0.29) is 5.56 Å². The normalized spacial score (nSPS) is 22.5. The van der Waals surface area contributed by atoms with Crippen LogP contribution in [0.3, 0.4) is 0 Å². The Balaban J connectivity index is 1.49. The van der Waals surface area contributed by atoms with Crippen LogP contribution >= 0.6 is 0 Å². The van der Waals surface area contributed by atoms with E-state index < -0.39 is 5.91 Å². The molecule has 2 aliphatic heterocycles. The van der Waals surface area contributed by atoms with Crippen molar-refractivity contribution >= 4 is 17.5 Å². The molecule has 1 aromatic carbocycles. The molecule has 0 radical (unpaired) electrons. The molecule has 7 heteroatoms. The number of fused-ring (bicyclic) bond motifs is 2. The highest BCUT2D eigenvalue weighted by Gasteiger charge is 2.44. The van der Waals surface area contributed by atoms with E-state index in [0.29, 0.717) is 18.0 Å². The van der Waals surface area contributed by atoms with E-state index >= 15 is 0 Å². The van der Waals surface area contributed by atoms with Crippen molar-refractivity contribution in [2.45, 2.75) is 18.5 Å². The Morgan fingerprint density at radius 2 is 1.74 bits per heavy atom. The van der Waals surface area contributed by atoms with Crippen molar-refractivity contribution in [1.82, 2.24) is 15.4 Å². The molecular weight excluding hydrogens is 294 g/mol. The van der Waals surface area contributed by atoms with Crippen LogP contribution in [0.1, 0.15) is 16.8 Å². The fourth-order valence-corrected chi connectivity index (χ4v) is 3.50. The summed E-state index contributed by atoms with van der Waals surface area (Å²) in [7, 11) is 0. The first-order valence-electron chi connectivity index (χ1n) is 7.61. The number of hydroxylamine groups is 1. The SMILES string of the molecule is O=C(NO)c1cnc(N2C[C@@H]3C[C@@H]2CN3c2ccccc2)nc1. The summed E-state index contributed by atoms with van der Waals surface area (Å²) in [5, 5.41) is 8.62. The van der Waals surface area contributed by atoms with E-state index in [1.54, 1.807) is 5.48 Å². The van der Waals surface area contributed by atoms with Crippen LogP contribution < -0.4 is 15.3 Å². The third-order valence-electron chi connectivity index (χ3n) is 4.59. The quantitative estimate of drug-likeness (QED) is 0.652. The molecule has 2 aliphatic rings. The number of benzene rings is 1.